The summed E-state index contributed by atoms with van der Waals surface area (Å²) in [6, 6.07) is 36.7. The molecule has 0 amide bonds. The van der Waals surface area contributed by atoms with Gasteiger partial charge in [0.25, 0.3) is 0 Å². The molecule has 4 rings (SSSR count). The van der Waals surface area contributed by atoms with Gasteiger partial charge in [-0.2, -0.15) is 0 Å². The second-order valence-electron chi connectivity index (χ2n) is 6.54. The van der Waals surface area contributed by atoms with E-state index in [2.05, 4.69) is 88.7 Å². The molecule has 2 heteroatoms. The predicted octanol–water partition coefficient (Wildman–Crippen LogP) is 7.16. The molecule has 1 nitrogen and oxygen atoms in total. The summed E-state index contributed by atoms with van der Waals surface area (Å²) < 4.78 is 1.05. The molecule has 0 spiro atoms. The second-order valence-corrected chi connectivity index (χ2v) is 7.45. The van der Waals surface area contributed by atoms with Gasteiger partial charge in [0.1, 0.15) is 5.75 Å². The molecule has 0 atom stereocenters. The number of halogens is 1. The maximum absolute atomic E-state index is 9.79. The van der Waals surface area contributed by atoms with Crippen molar-refractivity contribution in [1.29, 1.82) is 0 Å². The van der Waals surface area contributed by atoms with Gasteiger partial charge in [-0.3, -0.25) is 0 Å². The highest BCUT2D eigenvalue weighted by molar-refractivity contribution is 9.10. The van der Waals surface area contributed by atoms with Crippen LogP contribution in [0.2, 0.25) is 0 Å². The first kappa shape index (κ1) is 18.3. The summed E-state index contributed by atoms with van der Waals surface area (Å²) in [4.78, 5) is 0. The summed E-state index contributed by atoms with van der Waals surface area (Å²) in [6.07, 6.45) is 0. The quantitative estimate of drug-likeness (QED) is 0.343. The number of phenols is 1. The van der Waals surface area contributed by atoms with E-state index in [4.69, 9.17) is 0 Å². The first-order valence-corrected chi connectivity index (χ1v) is 9.92. The summed E-state index contributed by atoms with van der Waals surface area (Å²) >= 11 is 3.54. The van der Waals surface area contributed by atoms with Crippen LogP contribution in [0.3, 0.4) is 0 Å². The Morgan fingerprint density at radius 3 is 1.25 bits per heavy atom. The van der Waals surface area contributed by atoms with E-state index in [0.29, 0.717) is 0 Å². The minimum Gasteiger partial charge on any atom is -0.508 e. The highest BCUT2D eigenvalue weighted by atomic mass is 79.9. The predicted molar refractivity (Wildman–Crippen MR) is 120 cm³/mol. The zero-order valence-corrected chi connectivity index (χ0v) is 16.8. The van der Waals surface area contributed by atoms with E-state index in [1.165, 1.54) is 0 Å². The van der Waals surface area contributed by atoms with E-state index in [0.717, 1.165) is 37.9 Å². The molecule has 0 aliphatic rings. The van der Waals surface area contributed by atoms with Gasteiger partial charge in [0.15, 0.2) is 0 Å². The van der Waals surface area contributed by atoms with Gasteiger partial charge in [-0.05, 0) is 57.7 Å². The van der Waals surface area contributed by atoms with Gasteiger partial charge in [-0.1, -0.05) is 101 Å². The molecule has 0 saturated heterocycles. The third-order valence-electron chi connectivity index (χ3n) is 4.66. The van der Waals surface area contributed by atoms with Crippen LogP contribution in [-0.4, -0.2) is 5.11 Å². The molecule has 0 aliphatic heterocycles. The van der Waals surface area contributed by atoms with Crippen molar-refractivity contribution in [3.05, 3.63) is 136 Å². The molecule has 0 unspecified atom stereocenters. The lowest BCUT2D eigenvalue weighted by molar-refractivity contribution is 0.475. The van der Waals surface area contributed by atoms with Gasteiger partial charge in [0, 0.05) is 4.47 Å². The zero-order valence-electron chi connectivity index (χ0n) is 15.2. The lowest BCUT2D eigenvalue weighted by Gasteiger charge is -2.18. The number of aromatic hydroxyl groups is 1. The van der Waals surface area contributed by atoms with Crippen LogP contribution in [-0.2, 0) is 0 Å². The van der Waals surface area contributed by atoms with Crippen LogP contribution in [0.1, 0.15) is 22.3 Å². The van der Waals surface area contributed by atoms with Gasteiger partial charge in [0.05, 0.1) is 0 Å². The molecular weight excluding hydrogens is 408 g/mol. The van der Waals surface area contributed by atoms with Crippen LogP contribution in [0.15, 0.2) is 114 Å². The first-order chi connectivity index (χ1) is 13.7. The van der Waals surface area contributed by atoms with Gasteiger partial charge in [-0.25, -0.2) is 0 Å². The molecule has 0 saturated carbocycles. The monoisotopic (exact) mass is 426 g/mol. The fourth-order valence-corrected chi connectivity index (χ4v) is 3.63. The van der Waals surface area contributed by atoms with Crippen molar-refractivity contribution in [1.82, 2.24) is 0 Å². The van der Waals surface area contributed by atoms with Crippen molar-refractivity contribution in [2.24, 2.45) is 0 Å². The maximum Gasteiger partial charge on any atom is 0.115 e. The SMILES string of the molecule is Oc1ccc(/C(=C(/c2ccccc2)c2ccc(Br)cc2)c2ccccc2)cc1. The molecule has 0 bridgehead atoms. The zero-order chi connectivity index (χ0) is 19.3. The molecule has 0 aliphatic carbocycles. The van der Waals surface area contributed by atoms with Crippen molar-refractivity contribution in [2.45, 2.75) is 0 Å². The van der Waals surface area contributed by atoms with Gasteiger partial charge >= 0.3 is 0 Å². The number of hydrogen-bond donors (Lipinski definition) is 1. The normalized spacial score (nSPS) is 11.8. The molecule has 0 radical (unpaired) electrons. The van der Waals surface area contributed by atoms with Crippen molar-refractivity contribution < 1.29 is 5.11 Å². The third kappa shape index (κ3) is 3.92. The van der Waals surface area contributed by atoms with Crippen molar-refractivity contribution in [3.63, 3.8) is 0 Å². The molecule has 0 aromatic heterocycles. The van der Waals surface area contributed by atoms with E-state index < -0.39 is 0 Å². The highest BCUT2D eigenvalue weighted by Crippen LogP contribution is 2.37. The molecule has 4 aromatic carbocycles. The van der Waals surface area contributed by atoms with Crippen molar-refractivity contribution >= 4 is 27.1 Å². The molecule has 28 heavy (non-hydrogen) atoms. The fourth-order valence-electron chi connectivity index (χ4n) is 3.36. The molecule has 1 N–H and O–H groups in total. The number of phenolic OH excluding ortho intramolecular Hbond substituents is 1. The highest BCUT2D eigenvalue weighted by Gasteiger charge is 2.16. The maximum atomic E-state index is 9.79. The lowest BCUT2D eigenvalue weighted by Crippen LogP contribution is -1.97. The van der Waals surface area contributed by atoms with E-state index in [1.54, 1.807) is 12.1 Å². The Kier molecular flexibility index (Phi) is 5.41. The average molecular weight is 427 g/mol. The average Bonchev–Trinajstić information content (AvgIpc) is 2.75. The Morgan fingerprint density at radius 1 is 0.464 bits per heavy atom. The van der Waals surface area contributed by atoms with Crippen molar-refractivity contribution in [2.75, 3.05) is 0 Å². The molecule has 0 fully saturated rings. The topological polar surface area (TPSA) is 20.2 Å². The van der Waals surface area contributed by atoms with Crippen LogP contribution >= 0.6 is 15.9 Å². The molecule has 0 heterocycles. The summed E-state index contributed by atoms with van der Waals surface area (Å²) in [7, 11) is 0. The van der Waals surface area contributed by atoms with E-state index in [-0.39, 0.29) is 5.75 Å². The number of benzene rings is 4. The first-order valence-electron chi connectivity index (χ1n) is 9.13. The van der Waals surface area contributed by atoms with E-state index in [9.17, 15) is 5.11 Å². The van der Waals surface area contributed by atoms with Gasteiger partial charge in [-0.15, -0.1) is 0 Å². The van der Waals surface area contributed by atoms with Gasteiger partial charge < -0.3 is 5.11 Å². The number of rotatable bonds is 4. The van der Waals surface area contributed by atoms with E-state index >= 15 is 0 Å². The summed E-state index contributed by atoms with van der Waals surface area (Å²) in [5, 5.41) is 9.79. The minimum absolute atomic E-state index is 0.265. The fraction of sp³-hybridized carbons (Fsp3) is 0. The Balaban J connectivity index is 2.08. The van der Waals surface area contributed by atoms with Crippen LogP contribution in [0.25, 0.3) is 11.1 Å². The Hall–Kier alpha value is -3.10. The third-order valence-corrected chi connectivity index (χ3v) is 5.19. The number of hydrogen-bond acceptors (Lipinski definition) is 1. The summed E-state index contributed by atoms with van der Waals surface area (Å²) in [6.45, 7) is 0. The van der Waals surface area contributed by atoms with Crippen molar-refractivity contribution in [3.8, 4) is 5.75 Å². The van der Waals surface area contributed by atoms with Gasteiger partial charge in [0.2, 0.25) is 0 Å². The molecule has 4 aromatic rings. The van der Waals surface area contributed by atoms with Crippen LogP contribution in [0.4, 0.5) is 0 Å². The smallest absolute Gasteiger partial charge is 0.115 e. The largest absolute Gasteiger partial charge is 0.508 e. The molecule has 136 valence electrons. The Labute approximate surface area is 173 Å². The summed E-state index contributed by atoms with van der Waals surface area (Å²) in [5.41, 5.74) is 6.78. The minimum atomic E-state index is 0.265. The molecular formula is C26H19BrO. The van der Waals surface area contributed by atoms with Crippen LogP contribution < -0.4 is 0 Å². The lowest BCUT2D eigenvalue weighted by atomic mass is 9.86. The van der Waals surface area contributed by atoms with Crippen LogP contribution in [0, 0.1) is 0 Å². The van der Waals surface area contributed by atoms with Crippen LogP contribution in [0.5, 0.6) is 5.75 Å². The Morgan fingerprint density at radius 2 is 0.821 bits per heavy atom. The standard InChI is InChI=1S/C26H19BrO/c27-23-15-11-21(12-16-23)25(19-7-3-1-4-8-19)26(20-9-5-2-6-10-20)22-13-17-24(28)18-14-22/h1-18,28H/b26-25-. The second kappa shape index (κ2) is 8.28. The van der Waals surface area contributed by atoms with E-state index in [1.807, 2.05) is 24.3 Å². The summed E-state index contributed by atoms with van der Waals surface area (Å²) in [5.74, 6) is 0.265. The Bertz CT molecular complexity index is 990.